The van der Waals surface area contributed by atoms with E-state index in [-0.39, 0.29) is 18.4 Å². The van der Waals surface area contributed by atoms with Crippen LogP contribution in [0.2, 0.25) is 0 Å². The van der Waals surface area contributed by atoms with Crippen molar-refractivity contribution < 1.29 is 18.4 Å². The van der Waals surface area contributed by atoms with Gasteiger partial charge in [0.25, 0.3) is 0 Å². The van der Waals surface area contributed by atoms with E-state index in [2.05, 4.69) is 5.32 Å². The fraction of sp³-hybridized carbons (Fsp3) is 0.190. The molecule has 1 atom stereocenters. The van der Waals surface area contributed by atoms with Crippen LogP contribution in [-0.4, -0.2) is 13.0 Å². The standard InChI is InChI=1S/C21H19NO4/c1-13(19-9-14-5-3-4-6-18(14)26-19)22-21(23)10-15-12-25-20-11-16(24-2)7-8-17(15)20/h3-9,11-13H,10H2,1-2H3,(H,22,23)/t13-/m0/s1. The molecule has 132 valence electrons. The molecule has 2 heterocycles. The maximum Gasteiger partial charge on any atom is 0.225 e. The van der Waals surface area contributed by atoms with Gasteiger partial charge in [-0.15, -0.1) is 0 Å². The van der Waals surface area contributed by atoms with Crippen molar-refractivity contribution in [1.29, 1.82) is 0 Å². The molecule has 0 fully saturated rings. The molecule has 0 unspecified atom stereocenters. The van der Waals surface area contributed by atoms with Crippen LogP contribution in [0.1, 0.15) is 24.3 Å². The molecule has 5 heteroatoms. The Morgan fingerprint density at radius 3 is 2.81 bits per heavy atom. The number of fused-ring (bicyclic) bond motifs is 2. The van der Waals surface area contributed by atoms with Crippen molar-refractivity contribution in [2.75, 3.05) is 7.11 Å². The molecule has 0 saturated carbocycles. The lowest BCUT2D eigenvalue weighted by atomic mass is 10.1. The van der Waals surface area contributed by atoms with Gasteiger partial charge in [-0.1, -0.05) is 18.2 Å². The third kappa shape index (κ3) is 3.04. The lowest BCUT2D eigenvalue weighted by Crippen LogP contribution is -2.27. The number of carbonyl (C=O) groups excluding carboxylic acids is 1. The monoisotopic (exact) mass is 349 g/mol. The van der Waals surface area contributed by atoms with E-state index in [1.165, 1.54) is 0 Å². The maximum absolute atomic E-state index is 12.5. The van der Waals surface area contributed by atoms with E-state index in [1.807, 2.05) is 55.5 Å². The molecule has 1 N–H and O–H groups in total. The van der Waals surface area contributed by atoms with Crippen molar-refractivity contribution >= 4 is 27.8 Å². The third-order valence-electron chi connectivity index (χ3n) is 4.46. The Morgan fingerprint density at radius 2 is 2.00 bits per heavy atom. The Morgan fingerprint density at radius 1 is 1.15 bits per heavy atom. The molecule has 5 nitrogen and oxygen atoms in total. The van der Waals surface area contributed by atoms with Gasteiger partial charge in [0.1, 0.15) is 22.7 Å². The number of benzene rings is 2. The molecule has 4 aromatic rings. The number of hydrogen-bond donors (Lipinski definition) is 1. The summed E-state index contributed by atoms with van der Waals surface area (Å²) in [5.74, 6) is 1.37. The Hall–Kier alpha value is -3.21. The molecule has 0 aliphatic heterocycles. The van der Waals surface area contributed by atoms with Crippen LogP contribution in [0.3, 0.4) is 0 Å². The number of methoxy groups -OCH3 is 1. The highest BCUT2D eigenvalue weighted by Gasteiger charge is 2.16. The predicted octanol–water partition coefficient (Wildman–Crippen LogP) is 4.61. The quantitative estimate of drug-likeness (QED) is 0.571. The summed E-state index contributed by atoms with van der Waals surface area (Å²) in [6.45, 7) is 1.91. The van der Waals surface area contributed by atoms with Crippen molar-refractivity contribution in [3.63, 3.8) is 0 Å². The van der Waals surface area contributed by atoms with Crippen LogP contribution in [-0.2, 0) is 11.2 Å². The van der Waals surface area contributed by atoms with Crippen molar-refractivity contribution in [3.05, 3.63) is 66.1 Å². The largest absolute Gasteiger partial charge is 0.497 e. The summed E-state index contributed by atoms with van der Waals surface area (Å²) in [5.41, 5.74) is 2.37. The van der Waals surface area contributed by atoms with Crippen LogP contribution in [0.5, 0.6) is 5.75 Å². The Kier molecular flexibility index (Phi) is 4.13. The minimum atomic E-state index is -0.215. The molecular formula is C21H19NO4. The Balaban J connectivity index is 1.48. The SMILES string of the molecule is COc1ccc2c(CC(=O)N[C@@H](C)c3cc4ccccc4o3)coc2c1. The molecule has 1 amide bonds. The minimum Gasteiger partial charge on any atom is -0.497 e. The van der Waals surface area contributed by atoms with Crippen molar-refractivity contribution in [1.82, 2.24) is 5.32 Å². The summed E-state index contributed by atoms with van der Waals surface area (Å²) in [6, 6.07) is 15.1. The summed E-state index contributed by atoms with van der Waals surface area (Å²) in [5, 5.41) is 4.92. The van der Waals surface area contributed by atoms with Gasteiger partial charge in [0.05, 0.1) is 25.8 Å². The van der Waals surface area contributed by atoms with Crippen LogP contribution >= 0.6 is 0 Å². The zero-order valence-corrected chi connectivity index (χ0v) is 14.6. The third-order valence-corrected chi connectivity index (χ3v) is 4.46. The van der Waals surface area contributed by atoms with E-state index in [9.17, 15) is 4.79 Å². The molecule has 0 aliphatic carbocycles. The molecule has 0 saturated heterocycles. The lowest BCUT2D eigenvalue weighted by Gasteiger charge is -2.11. The second-order valence-electron chi connectivity index (χ2n) is 6.28. The summed E-state index contributed by atoms with van der Waals surface area (Å²) in [7, 11) is 1.61. The number of furan rings is 2. The second kappa shape index (κ2) is 6.59. The number of rotatable bonds is 5. The minimum absolute atomic E-state index is 0.0866. The van der Waals surface area contributed by atoms with E-state index in [1.54, 1.807) is 13.4 Å². The molecule has 0 spiro atoms. The lowest BCUT2D eigenvalue weighted by molar-refractivity contribution is -0.121. The zero-order chi connectivity index (χ0) is 18.1. The van der Waals surface area contributed by atoms with Crippen LogP contribution in [0.15, 0.2) is 63.6 Å². The number of para-hydroxylation sites is 1. The molecule has 2 aromatic heterocycles. The topological polar surface area (TPSA) is 64.6 Å². The van der Waals surface area contributed by atoms with Gasteiger partial charge in [-0.2, -0.15) is 0 Å². The Bertz CT molecular complexity index is 1040. The number of ether oxygens (including phenoxy) is 1. The van der Waals surface area contributed by atoms with Gasteiger partial charge >= 0.3 is 0 Å². The molecular weight excluding hydrogens is 330 g/mol. The van der Waals surface area contributed by atoms with E-state index in [0.29, 0.717) is 5.58 Å². The van der Waals surface area contributed by atoms with E-state index in [4.69, 9.17) is 13.6 Å². The average Bonchev–Trinajstić information content (AvgIpc) is 3.25. The summed E-state index contributed by atoms with van der Waals surface area (Å²) < 4.78 is 16.5. The summed E-state index contributed by atoms with van der Waals surface area (Å²) in [4.78, 5) is 12.5. The Labute approximate surface area is 150 Å². The fourth-order valence-electron chi connectivity index (χ4n) is 3.08. The van der Waals surface area contributed by atoms with E-state index >= 15 is 0 Å². The van der Waals surface area contributed by atoms with Gasteiger partial charge in [-0.05, 0) is 31.2 Å². The molecule has 2 aromatic carbocycles. The van der Waals surface area contributed by atoms with Gasteiger partial charge in [-0.3, -0.25) is 4.79 Å². The number of amides is 1. The summed E-state index contributed by atoms with van der Waals surface area (Å²) in [6.07, 6.45) is 1.86. The van der Waals surface area contributed by atoms with Gasteiger partial charge in [-0.25, -0.2) is 0 Å². The zero-order valence-electron chi connectivity index (χ0n) is 14.6. The van der Waals surface area contributed by atoms with Crippen LogP contribution in [0.4, 0.5) is 0 Å². The van der Waals surface area contributed by atoms with E-state index in [0.717, 1.165) is 33.4 Å². The van der Waals surface area contributed by atoms with Crippen molar-refractivity contribution in [2.24, 2.45) is 0 Å². The fourth-order valence-corrected chi connectivity index (χ4v) is 3.08. The average molecular weight is 349 g/mol. The highest BCUT2D eigenvalue weighted by atomic mass is 16.5. The second-order valence-corrected chi connectivity index (χ2v) is 6.28. The first-order valence-corrected chi connectivity index (χ1v) is 8.46. The highest BCUT2D eigenvalue weighted by Crippen LogP contribution is 2.27. The molecule has 26 heavy (non-hydrogen) atoms. The van der Waals surface area contributed by atoms with Gasteiger partial charge < -0.3 is 18.9 Å². The first kappa shape index (κ1) is 16.3. The van der Waals surface area contributed by atoms with Crippen LogP contribution in [0, 0.1) is 0 Å². The first-order valence-electron chi connectivity index (χ1n) is 8.46. The normalized spacial score (nSPS) is 12.4. The molecule has 0 bridgehead atoms. The van der Waals surface area contributed by atoms with Crippen molar-refractivity contribution in [2.45, 2.75) is 19.4 Å². The first-order chi connectivity index (χ1) is 12.6. The summed E-state index contributed by atoms with van der Waals surface area (Å²) >= 11 is 0. The van der Waals surface area contributed by atoms with Gasteiger partial charge in [0.2, 0.25) is 5.91 Å². The molecule has 0 radical (unpaired) electrons. The maximum atomic E-state index is 12.5. The predicted molar refractivity (Wildman–Crippen MR) is 99.2 cm³/mol. The van der Waals surface area contributed by atoms with E-state index < -0.39 is 0 Å². The van der Waals surface area contributed by atoms with Crippen LogP contribution < -0.4 is 10.1 Å². The van der Waals surface area contributed by atoms with Crippen LogP contribution in [0.25, 0.3) is 21.9 Å². The number of nitrogens with one attached hydrogen (secondary N) is 1. The molecule has 0 aliphatic rings. The molecule has 4 rings (SSSR count). The van der Waals surface area contributed by atoms with Gasteiger partial charge in [0.15, 0.2) is 0 Å². The van der Waals surface area contributed by atoms with Crippen molar-refractivity contribution in [3.8, 4) is 5.75 Å². The van der Waals surface area contributed by atoms with Gasteiger partial charge in [0, 0.05) is 22.4 Å². The number of hydrogen-bond acceptors (Lipinski definition) is 4. The number of carbonyl (C=O) groups is 1. The smallest absolute Gasteiger partial charge is 0.225 e. The highest BCUT2D eigenvalue weighted by molar-refractivity contribution is 5.88.